The lowest BCUT2D eigenvalue weighted by atomic mass is 10.00. The lowest BCUT2D eigenvalue weighted by Gasteiger charge is -2.38. The van der Waals surface area contributed by atoms with Gasteiger partial charge >= 0.3 is 0 Å². The van der Waals surface area contributed by atoms with E-state index in [0.717, 1.165) is 21.8 Å². The number of amides is 2. The number of rotatable bonds is 4. The number of carbonyl (C=O) groups is 2. The lowest BCUT2D eigenvalue weighted by Crippen LogP contribution is -2.59. The van der Waals surface area contributed by atoms with Gasteiger partial charge in [-0.1, -0.05) is 11.6 Å². The molecular formula is C26H32ClN5O4. The molecule has 2 fully saturated rings. The van der Waals surface area contributed by atoms with Gasteiger partial charge in [0.25, 0.3) is 0 Å². The summed E-state index contributed by atoms with van der Waals surface area (Å²) in [5, 5.41) is 8.55. The Bertz CT molecular complexity index is 1290. The molecule has 10 heteroatoms. The number of morpholine rings is 2. The van der Waals surface area contributed by atoms with Gasteiger partial charge in [-0.15, -0.1) is 0 Å². The first-order chi connectivity index (χ1) is 17.1. The van der Waals surface area contributed by atoms with Gasteiger partial charge in [0.1, 0.15) is 12.1 Å². The first kappa shape index (κ1) is 25.0. The zero-order valence-corrected chi connectivity index (χ0v) is 21.7. The molecule has 0 radical (unpaired) electrons. The number of aromatic amines is 1. The van der Waals surface area contributed by atoms with Crippen LogP contribution in [0.5, 0.6) is 0 Å². The molecule has 3 N–H and O–H groups in total. The highest BCUT2D eigenvalue weighted by Crippen LogP contribution is 2.34. The first-order valence-electron chi connectivity index (χ1n) is 12.3. The second-order valence-electron chi connectivity index (χ2n) is 10.4. The van der Waals surface area contributed by atoms with E-state index in [2.05, 4.69) is 20.6 Å². The van der Waals surface area contributed by atoms with Crippen molar-refractivity contribution in [1.82, 2.24) is 25.5 Å². The Labute approximate surface area is 214 Å². The molecule has 4 atom stereocenters. The largest absolute Gasteiger partial charge is 0.372 e. The maximum Gasteiger partial charge on any atom is 0.250 e. The Morgan fingerprint density at radius 3 is 2.67 bits per heavy atom. The van der Waals surface area contributed by atoms with Crippen LogP contribution in [-0.2, 0) is 19.1 Å². The highest BCUT2D eigenvalue weighted by atomic mass is 35.5. The van der Waals surface area contributed by atoms with Crippen molar-refractivity contribution < 1.29 is 19.1 Å². The Hall–Kier alpha value is -2.72. The average molecular weight is 514 g/mol. The van der Waals surface area contributed by atoms with Crippen LogP contribution < -0.4 is 10.6 Å². The molecule has 2 aromatic heterocycles. The summed E-state index contributed by atoms with van der Waals surface area (Å²) in [6, 6.07) is 3.99. The smallest absolute Gasteiger partial charge is 0.250 e. The van der Waals surface area contributed by atoms with Crippen LogP contribution in [0.15, 0.2) is 30.6 Å². The molecule has 1 aromatic carbocycles. The molecule has 0 saturated carbocycles. The SMILES string of the molecule is CC1CN(C(=O)C(NC(=O)C2COC(C)(C)CN2)c2cc(Cl)cc3c2[nH]c2cnccc23)CC(C)O1. The number of benzene rings is 1. The van der Waals surface area contributed by atoms with Crippen molar-refractivity contribution in [3.05, 3.63) is 41.2 Å². The minimum atomic E-state index is -0.950. The standard InChI is InChI=1S/C26H32ClN5O4/c1-14-10-32(11-15(2)36-14)25(34)23(31-24(33)21-12-35-26(3,4)13-29-21)19-8-16(27)7-18-17-5-6-28-9-20(17)30-22(18)19/h5-9,14-15,21,23,29-30H,10-13H2,1-4H3,(H,31,33). The van der Waals surface area contributed by atoms with Gasteiger partial charge in [0.2, 0.25) is 11.8 Å². The molecule has 0 spiro atoms. The van der Waals surface area contributed by atoms with Crippen LogP contribution in [0.3, 0.4) is 0 Å². The molecule has 5 rings (SSSR count). The zero-order valence-electron chi connectivity index (χ0n) is 20.9. The van der Waals surface area contributed by atoms with Crippen molar-refractivity contribution in [2.45, 2.75) is 57.6 Å². The molecule has 4 unspecified atom stereocenters. The Morgan fingerprint density at radius 1 is 1.22 bits per heavy atom. The first-order valence-corrected chi connectivity index (χ1v) is 12.7. The number of nitrogens with zero attached hydrogens (tertiary/aromatic N) is 2. The molecule has 9 nitrogen and oxygen atoms in total. The van der Waals surface area contributed by atoms with E-state index in [4.69, 9.17) is 21.1 Å². The highest BCUT2D eigenvalue weighted by molar-refractivity contribution is 6.32. The van der Waals surface area contributed by atoms with Crippen molar-refractivity contribution in [1.29, 1.82) is 0 Å². The number of pyridine rings is 1. The van der Waals surface area contributed by atoms with E-state index in [-0.39, 0.29) is 36.2 Å². The van der Waals surface area contributed by atoms with Crippen LogP contribution in [0.2, 0.25) is 5.02 Å². The highest BCUT2D eigenvalue weighted by Gasteiger charge is 2.37. The van der Waals surface area contributed by atoms with Crippen LogP contribution in [0.4, 0.5) is 0 Å². The molecule has 2 aliphatic rings. The number of fused-ring (bicyclic) bond motifs is 3. The Morgan fingerprint density at radius 2 is 1.97 bits per heavy atom. The molecule has 0 aliphatic carbocycles. The van der Waals surface area contributed by atoms with E-state index in [0.29, 0.717) is 30.2 Å². The number of carbonyl (C=O) groups excluding carboxylic acids is 2. The molecule has 2 saturated heterocycles. The number of halogens is 1. The number of aromatic nitrogens is 2. The summed E-state index contributed by atoms with van der Waals surface area (Å²) >= 11 is 6.56. The van der Waals surface area contributed by atoms with Gasteiger partial charge in [-0.3, -0.25) is 14.6 Å². The maximum atomic E-state index is 14.0. The molecule has 2 amide bonds. The zero-order chi connectivity index (χ0) is 25.6. The second-order valence-corrected chi connectivity index (χ2v) is 10.8. The third-order valence-corrected chi connectivity index (χ3v) is 7.03. The van der Waals surface area contributed by atoms with Gasteiger partial charge in [0.05, 0.1) is 41.6 Å². The Kier molecular flexibility index (Phi) is 6.67. The van der Waals surface area contributed by atoms with Gasteiger partial charge in [0, 0.05) is 47.2 Å². The van der Waals surface area contributed by atoms with Gasteiger partial charge in [-0.2, -0.15) is 0 Å². The summed E-state index contributed by atoms with van der Waals surface area (Å²) < 4.78 is 11.7. The maximum absolute atomic E-state index is 14.0. The van der Waals surface area contributed by atoms with Crippen LogP contribution in [0.1, 0.15) is 39.3 Å². The van der Waals surface area contributed by atoms with Gasteiger partial charge in [0.15, 0.2) is 0 Å². The summed E-state index contributed by atoms with van der Waals surface area (Å²) in [5.41, 5.74) is 1.82. The number of H-pyrrole nitrogens is 1. The summed E-state index contributed by atoms with van der Waals surface area (Å²) in [4.78, 5) is 36.8. The lowest BCUT2D eigenvalue weighted by molar-refractivity contribution is -0.148. The summed E-state index contributed by atoms with van der Waals surface area (Å²) in [6.45, 7) is 9.44. The van der Waals surface area contributed by atoms with Gasteiger partial charge < -0.3 is 30.0 Å². The van der Waals surface area contributed by atoms with Crippen LogP contribution in [-0.4, -0.2) is 76.8 Å². The number of hydrogen-bond acceptors (Lipinski definition) is 6. The third kappa shape index (κ3) is 4.93. The molecule has 0 bridgehead atoms. The topological polar surface area (TPSA) is 109 Å². The van der Waals surface area contributed by atoms with Gasteiger partial charge in [-0.25, -0.2) is 0 Å². The summed E-state index contributed by atoms with van der Waals surface area (Å²) in [6.07, 6.45) is 3.23. The summed E-state index contributed by atoms with van der Waals surface area (Å²) in [7, 11) is 0. The molecule has 3 aromatic rings. The van der Waals surface area contributed by atoms with E-state index in [9.17, 15) is 9.59 Å². The number of hydrogen-bond donors (Lipinski definition) is 3. The van der Waals surface area contributed by atoms with E-state index >= 15 is 0 Å². The second kappa shape index (κ2) is 9.63. The number of ether oxygens (including phenoxy) is 2. The fourth-order valence-corrected chi connectivity index (χ4v) is 5.31. The quantitative estimate of drug-likeness (QED) is 0.495. The minimum absolute atomic E-state index is 0.108. The average Bonchev–Trinajstić information content (AvgIpc) is 3.19. The van der Waals surface area contributed by atoms with Crippen LogP contribution >= 0.6 is 11.6 Å². The van der Waals surface area contributed by atoms with E-state index in [1.807, 2.05) is 39.8 Å². The van der Waals surface area contributed by atoms with Gasteiger partial charge in [-0.05, 0) is 45.9 Å². The molecule has 2 aliphatic heterocycles. The van der Waals surface area contributed by atoms with Crippen molar-refractivity contribution in [2.24, 2.45) is 0 Å². The third-order valence-electron chi connectivity index (χ3n) is 6.81. The summed E-state index contributed by atoms with van der Waals surface area (Å²) in [5.74, 6) is -0.508. The fraction of sp³-hybridized carbons (Fsp3) is 0.500. The molecule has 36 heavy (non-hydrogen) atoms. The van der Waals surface area contributed by atoms with Crippen molar-refractivity contribution in [3.63, 3.8) is 0 Å². The van der Waals surface area contributed by atoms with E-state index < -0.39 is 12.1 Å². The minimum Gasteiger partial charge on any atom is -0.372 e. The van der Waals surface area contributed by atoms with Crippen molar-refractivity contribution in [2.75, 3.05) is 26.2 Å². The van der Waals surface area contributed by atoms with E-state index in [1.165, 1.54) is 0 Å². The normalized spacial score (nSPS) is 25.1. The molecular weight excluding hydrogens is 482 g/mol. The molecule has 4 heterocycles. The predicted molar refractivity (Wildman–Crippen MR) is 138 cm³/mol. The van der Waals surface area contributed by atoms with Crippen LogP contribution in [0.25, 0.3) is 21.8 Å². The Balaban J connectivity index is 1.55. The van der Waals surface area contributed by atoms with Crippen molar-refractivity contribution in [3.8, 4) is 0 Å². The fourth-order valence-electron chi connectivity index (χ4n) is 5.08. The predicted octanol–water partition coefficient (Wildman–Crippen LogP) is 2.93. The van der Waals surface area contributed by atoms with E-state index in [1.54, 1.807) is 23.4 Å². The monoisotopic (exact) mass is 513 g/mol. The van der Waals surface area contributed by atoms with Crippen LogP contribution in [0, 0.1) is 0 Å². The molecule has 192 valence electrons. The van der Waals surface area contributed by atoms with Crippen molar-refractivity contribution >= 4 is 45.2 Å². The number of nitrogens with one attached hydrogen (secondary N) is 3.